The number of piperidine rings is 1. The van der Waals surface area contributed by atoms with Crippen LogP contribution in [0.4, 0.5) is 0 Å². The Hall–Kier alpha value is -1.60. The molecule has 3 rings (SSSR count). The van der Waals surface area contributed by atoms with Crippen LogP contribution in [0.3, 0.4) is 0 Å². The predicted octanol–water partition coefficient (Wildman–Crippen LogP) is -0.326. The minimum Gasteiger partial charge on any atom is -0.399 e. The van der Waals surface area contributed by atoms with Crippen molar-refractivity contribution in [1.82, 2.24) is 14.9 Å². The predicted molar refractivity (Wildman–Crippen MR) is 117 cm³/mol. The van der Waals surface area contributed by atoms with Gasteiger partial charge in [0, 0.05) is 30.4 Å². The van der Waals surface area contributed by atoms with E-state index in [4.69, 9.17) is 14.4 Å². The second-order valence-corrected chi connectivity index (χ2v) is 11.4. The van der Waals surface area contributed by atoms with Crippen molar-refractivity contribution in [2.24, 2.45) is 0 Å². The maximum absolute atomic E-state index is 12.8. The number of nitrogens with zero attached hydrogens (tertiary/aromatic N) is 3. The minimum absolute atomic E-state index is 0.203. The van der Waals surface area contributed by atoms with Crippen molar-refractivity contribution in [2.75, 3.05) is 18.9 Å². The summed E-state index contributed by atoms with van der Waals surface area (Å²) in [6.45, 7) is 7.46. The van der Waals surface area contributed by atoms with Gasteiger partial charge in [-0.2, -0.15) is 0 Å². The zero-order chi connectivity index (χ0) is 23.7. The topological polar surface area (TPSA) is 139 Å². The van der Waals surface area contributed by atoms with Gasteiger partial charge in [0.1, 0.15) is 0 Å². The molecule has 2 aliphatic rings. The van der Waals surface area contributed by atoms with Crippen LogP contribution in [0.1, 0.15) is 53.4 Å². The van der Waals surface area contributed by atoms with Crippen molar-refractivity contribution in [1.29, 1.82) is 0 Å². The van der Waals surface area contributed by atoms with Crippen LogP contribution < -0.4 is 5.46 Å². The molecule has 10 nitrogen and oxygen atoms in total. The van der Waals surface area contributed by atoms with Crippen LogP contribution in [0.25, 0.3) is 0 Å². The van der Waals surface area contributed by atoms with Crippen LogP contribution in [0.2, 0.25) is 0 Å². The highest BCUT2D eigenvalue weighted by atomic mass is 32.2. The number of rotatable bonds is 7. The van der Waals surface area contributed by atoms with E-state index in [2.05, 4.69) is 9.97 Å². The largest absolute Gasteiger partial charge is 0.498 e. The number of aromatic nitrogens is 2. The Morgan fingerprint density at radius 2 is 1.81 bits per heavy atom. The van der Waals surface area contributed by atoms with Crippen LogP contribution in [-0.2, 0) is 23.9 Å². The van der Waals surface area contributed by atoms with Gasteiger partial charge in [-0.15, -0.1) is 0 Å². The van der Waals surface area contributed by atoms with Crippen molar-refractivity contribution in [2.45, 2.75) is 81.9 Å². The number of aliphatic hydroxyl groups excluding tert-OH is 2. The number of amides is 1. The molecule has 3 heterocycles. The van der Waals surface area contributed by atoms with Gasteiger partial charge in [-0.3, -0.25) is 4.79 Å². The van der Waals surface area contributed by atoms with Crippen LogP contribution in [0.5, 0.6) is 0 Å². The van der Waals surface area contributed by atoms with Crippen LogP contribution in [0.15, 0.2) is 17.6 Å². The van der Waals surface area contributed by atoms with Crippen molar-refractivity contribution in [3.8, 4) is 0 Å². The number of hydrogen-bond donors (Lipinski definition) is 2. The van der Waals surface area contributed by atoms with E-state index < -0.39 is 46.8 Å². The van der Waals surface area contributed by atoms with Crippen LogP contribution >= 0.6 is 0 Å². The van der Waals surface area contributed by atoms with E-state index >= 15 is 0 Å². The molecule has 178 valence electrons. The number of carbonyl (C=O) groups is 1. The molecular formula is C20H32BN3O7S. The van der Waals surface area contributed by atoms with E-state index in [1.165, 1.54) is 17.3 Å². The van der Waals surface area contributed by atoms with Gasteiger partial charge in [0.05, 0.1) is 23.6 Å². The van der Waals surface area contributed by atoms with Gasteiger partial charge in [0.2, 0.25) is 15.0 Å². The average molecular weight is 469 g/mol. The van der Waals surface area contributed by atoms with E-state index in [0.29, 0.717) is 18.4 Å². The number of hydrogen-bond acceptors (Lipinski definition) is 9. The Bertz CT molecular complexity index is 908. The molecule has 0 spiro atoms. The molecule has 2 aliphatic heterocycles. The zero-order valence-electron chi connectivity index (χ0n) is 19.0. The van der Waals surface area contributed by atoms with Crippen molar-refractivity contribution < 1.29 is 32.7 Å². The summed E-state index contributed by atoms with van der Waals surface area (Å²) in [5.41, 5.74) is -0.533. The third kappa shape index (κ3) is 5.14. The van der Waals surface area contributed by atoms with Gasteiger partial charge in [0.25, 0.3) is 5.91 Å². The molecule has 0 radical (unpaired) electrons. The Labute approximate surface area is 189 Å². The number of likely N-dealkylation sites (tertiary alicyclic amines) is 1. The minimum atomic E-state index is -3.77. The second kappa shape index (κ2) is 9.34. The Kier molecular flexibility index (Phi) is 7.31. The molecule has 1 amide bonds. The summed E-state index contributed by atoms with van der Waals surface area (Å²) < 4.78 is 37.5. The highest BCUT2D eigenvalue weighted by Gasteiger charge is 2.52. The summed E-state index contributed by atoms with van der Waals surface area (Å²) >= 11 is 0. The number of sulfone groups is 1. The van der Waals surface area contributed by atoms with E-state index in [9.17, 15) is 18.3 Å². The molecule has 0 saturated carbocycles. The lowest BCUT2D eigenvalue weighted by molar-refractivity contribution is -0.146. The third-order valence-corrected chi connectivity index (χ3v) is 8.08. The SMILES string of the molecule is CC1(C)OB(c2cnc(S(=O)(=O)CCC3CCCCN3C(=O)C(O)CO)nc2)OC1(C)C. The van der Waals surface area contributed by atoms with Gasteiger partial charge in [-0.05, 0) is 53.4 Å². The first-order valence-corrected chi connectivity index (χ1v) is 12.5. The molecule has 0 aromatic carbocycles. The zero-order valence-corrected chi connectivity index (χ0v) is 19.8. The van der Waals surface area contributed by atoms with E-state index in [-0.39, 0.29) is 23.4 Å². The molecule has 32 heavy (non-hydrogen) atoms. The molecule has 1 aromatic rings. The van der Waals surface area contributed by atoms with Gasteiger partial charge < -0.3 is 24.4 Å². The first-order chi connectivity index (χ1) is 14.9. The van der Waals surface area contributed by atoms with Gasteiger partial charge in [0.15, 0.2) is 6.10 Å². The molecule has 2 unspecified atom stereocenters. The molecular weight excluding hydrogens is 437 g/mol. The quantitative estimate of drug-likeness (QED) is 0.406. The van der Waals surface area contributed by atoms with Crippen LogP contribution in [-0.4, -0.2) is 88.8 Å². The van der Waals surface area contributed by atoms with Gasteiger partial charge >= 0.3 is 7.12 Å². The Balaban J connectivity index is 1.66. The molecule has 2 fully saturated rings. The van der Waals surface area contributed by atoms with E-state index in [1.54, 1.807) is 0 Å². The summed E-state index contributed by atoms with van der Waals surface area (Å²) in [6, 6.07) is -0.323. The molecule has 0 bridgehead atoms. The summed E-state index contributed by atoms with van der Waals surface area (Å²) in [7, 11) is -4.46. The first-order valence-electron chi connectivity index (χ1n) is 10.9. The lowest BCUT2D eigenvalue weighted by Gasteiger charge is -2.36. The average Bonchev–Trinajstić information content (AvgIpc) is 2.98. The van der Waals surface area contributed by atoms with Gasteiger partial charge in [-0.25, -0.2) is 18.4 Å². The molecule has 0 aliphatic carbocycles. The molecule has 2 atom stereocenters. The van der Waals surface area contributed by atoms with Crippen LogP contribution in [0, 0.1) is 0 Å². The maximum atomic E-state index is 12.8. The lowest BCUT2D eigenvalue weighted by Crippen LogP contribution is -2.49. The fraction of sp³-hybridized carbons (Fsp3) is 0.750. The first kappa shape index (κ1) is 25.0. The summed E-state index contributed by atoms with van der Waals surface area (Å²) in [5, 5.41) is 18.5. The molecule has 2 saturated heterocycles. The van der Waals surface area contributed by atoms with E-state index in [1.807, 2.05) is 27.7 Å². The monoisotopic (exact) mass is 469 g/mol. The Morgan fingerprint density at radius 3 is 2.38 bits per heavy atom. The third-order valence-electron chi connectivity index (χ3n) is 6.54. The summed E-state index contributed by atoms with van der Waals surface area (Å²) in [6.07, 6.45) is 3.79. The standard InChI is InChI=1S/C20H32BN3O7S/c1-19(2)20(3,4)31-21(30-19)14-11-22-18(23-12-14)32(28,29)10-8-15-7-5-6-9-24(15)17(27)16(26)13-25/h11-12,15-16,25-26H,5-10,13H2,1-4H3. The van der Waals surface area contributed by atoms with Crippen molar-refractivity contribution in [3.05, 3.63) is 12.4 Å². The maximum Gasteiger partial charge on any atom is 0.498 e. The number of carbonyl (C=O) groups excluding carboxylic acids is 1. The molecule has 2 N–H and O–H groups in total. The molecule has 1 aromatic heterocycles. The van der Waals surface area contributed by atoms with Crippen molar-refractivity contribution >= 4 is 28.3 Å². The second-order valence-electron chi connectivity index (χ2n) is 9.37. The fourth-order valence-electron chi connectivity index (χ4n) is 3.83. The smallest absolute Gasteiger partial charge is 0.399 e. The summed E-state index contributed by atoms with van der Waals surface area (Å²) in [4.78, 5) is 21.9. The highest BCUT2D eigenvalue weighted by Crippen LogP contribution is 2.36. The number of aliphatic hydroxyl groups is 2. The summed E-state index contributed by atoms with van der Waals surface area (Å²) in [5.74, 6) is -0.801. The molecule has 12 heteroatoms. The fourth-order valence-corrected chi connectivity index (χ4v) is 5.02. The lowest BCUT2D eigenvalue weighted by atomic mass is 9.81. The normalized spacial score (nSPS) is 23.9. The van der Waals surface area contributed by atoms with Gasteiger partial charge in [-0.1, -0.05) is 0 Å². The Morgan fingerprint density at radius 1 is 1.22 bits per heavy atom. The highest BCUT2D eigenvalue weighted by molar-refractivity contribution is 7.91. The van der Waals surface area contributed by atoms with E-state index in [0.717, 1.165) is 12.8 Å². The van der Waals surface area contributed by atoms with Crippen molar-refractivity contribution in [3.63, 3.8) is 0 Å².